The van der Waals surface area contributed by atoms with Gasteiger partial charge in [-0.2, -0.15) is 0 Å². The van der Waals surface area contributed by atoms with Crippen LogP contribution in [-0.4, -0.2) is 13.0 Å². The number of thiophene rings is 1. The number of ether oxygens (including phenoxy) is 1. The molecule has 2 atom stereocenters. The maximum Gasteiger partial charge on any atom is 0.231 e. The molecule has 1 aromatic carbocycles. The number of allylic oxidation sites excluding steroid dienone is 5. The van der Waals surface area contributed by atoms with Gasteiger partial charge in [-0.3, -0.25) is 9.69 Å². The lowest BCUT2D eigenvalue weighted by atomic mass is 9.81. The van der Waals surface area contributed by atoms with Crippen molar-refractivity contribution >= 4 is 22.9 Å². The average molecular weight is 349 g/mol. The van der Waals surface area contributed by atoms with E-state index in [-0.39, 0.29) is 17.7 Å². The molecule has 0 spiro atoms. The van der Waals surface area contributed by atoms with Gasteiger partial charge in [0.2, 0.25) is 5.91 Å². The molecule has 0 bridgehead atoms. The maximum atomic E-state index is 13.0. The molecule has 0 saturated carbocycles. The Morgan fingerprint density at radius 1 is 1.12 bits per heavy atom. The summed E-state index contributed by atoms with van der Waals surface area (Å²) in [5.74, 6) is 1.31. The van der Waals surface area contributed by atoms with Gasteiger partial charge in [0.05, 0.1) is 7.11 Å². The highest BCUT2D eigenvalue weighted by molar-refractivity contribution is 7.10. The summed E-state index contributed by atoms with van der Waals surface area (Å²) in [6.45, 7) is 0. The minimum absolute atomic E-state index is 0.134. The van der Waals surface area contributed by atoms with Crippen LogP contribution in [-0.2, 0) is 4.79 Å². The summed E-state index contributed by atoms with van der Waals surface area (Å²) in [5.41, 5.74) is 1.92. The Morgan fingerprint density at radius 3 is 2.68 bits per heavy atom. The van der Waals surface area contributed by atoms with Crippen LogP contribution in [0.1, 0.15) is 17.2 Å². The Balaban J connectivity index is 1.76. The number of carbonyl (C=O) groups is 1. The van der Waals surface area contributed by atoms with Gasteiger partial charge in [-0.25, -0.2) is 0 Å². The Bertz CT molecular complexity index is 847. The van der Waals surface area contributed by atoms with Gasteiger partial charge in [0.1, 0.15) is 5.75 Å². The molecule has 1 fully saturated rings. The second kappa shape index (κ2) is 6.73. The Labute approximate surface area is 151 Å². The summed E-state index contributed by atoms with van der Waals surface area (Å²) in [5, 5.41) is 2.08. The molecule has 4 rings (SSSR count). The normalized spacial score (nSPS) is 22.4. The summed E-state index contributed by atoms with van der Waals surface area (Å²) in [6, 6.07) is 11.9. The van der Waals surface area contributed by atoms with E-state index < -0.39 is 0 Å². The maximum absolute atomic E-state index is 13.0. The van der Waals surface area contributed by atoms with E-state index in [0.717, 1.165) is 17.1 Å². The van der Waals surface area contributed by atoms with Crippen molar-refractivity contribution < 1.29 is 9.53 Å². The number of amides is 1. The van der Waals surface area contributed by atoms with Crippen LogP contribution in [0.3, 0.4) is 0 Å². The fourth-order valence-electron chi connectivity index (χ4n) is 3.53. The minimum Gasteiger partial charge on any atom is -0.497 e. The van der Waals surface area contributed by atoms with Crippen molar-refractivity contribution in [3.8, 4) is 5.75 Å². The van der Waals surface area contributed by atoms with E-state index in [9.17, 15) is 4.79 Å². The SMILES string of the molecule is COc1ccc(N2C(=O)C[C@@H](c3cccs3)[C@@H]3C=CC=CC=C32)cc1. The largest absolute Gasteiger partial charge is 0.497 e. The molecule has 2 heterocycles. The summed E-state index contributed by atoms with van der Waals surface area (Å²) >= 11 is 1.73. The first kappa shape index (κ1) is 15.9. The van der Waals surface area contributed by atoms with Crippen LogP contribution in [0.25, 0.3) is 0 Å². The van der Waals surface area contributed by atoms with Gasteiger partial charge in [-0.05, 0) is 41.8 Å². The molecule has 1 aliphatic carbocycles. The second-order valence-electron chi connectivity index (χ2n) is 6.14. The van der Waals surface area contributed by atoms with Gasteiger partial charge in [0.15, 0.2) is 0 Å². The fraction of sp³-hybridized carbons (Fsp3) is 0.190. The lowest BCUT2D eigenvalue weighted by molar-refractivity contribution is -0.119. The van der Waals surface area contributed by atoms with Crippen LogP contribution in [0.2, 0.25) is 0 Å². The predicted molar refractivity (Wildman–Crippen MR) is 102 cm³/mol. The van der Waals surface area contributed by atoms with Crippen molar-refractivity contribution in [2.24, 2.45) is 5.92 Å². The topological polar surface area (TPSA) is 29.5 Å². The number of carbonyl (C=O) groups excluding carboxylic acids is 1. The fourth-order valence-corrected chi connectivity index (χ4v) is 4.41. The van der Waals surface area contributed by atoms with Crippen LogP contribution in [0.4, 0.5) is 5.69 Å². The van der Waals surface area contributed by atoms with Crippen LogP contribution in [0, 0.1) is 5.92 Å². The zero-order valence-electron chi connectivity index (χ0n) is 14.0. The zero-order valence-corrected chi connectivity index (χ0v) is 14.8. The first-order valence-corrected chi connectivity index (χ1v) is 9.21. The highest BCUT2D eigenvalue weighted by Crippen LogP contribution is 2.44. The summed E-state index contributed by atoms with van der Waals surface area (Å²) in [4.78, 5) is 16.2. The van der Waals surface area contributed by atoms with Crippen molar-refractivity contribution in [1.82, 2.24) is 0 Å². The minimum atomic E-state index is 0.134. The first-order chi connectivity index (χ1) is 12.3. The molecule has 1 aromatic heterocycles. The number of benzene rings is 1. The molecule has 1 saturated heterocycles. The average Bonchev–Trinajstić information content (AvgIpc) is 3.06. The number of nitrogens with zero attached hydrogens (tertiary/aromatic N) is 1. The Kier molecular flexibility index (Phi) is 4.28. The second-order valence-corrected chi connectivity index (χ2v) is 7.12. The summed E-state index contributed by atoms with van der Waals surface area (Å²) in [6.07, 6.45) is 10.9. The van der Waals surface area contributed by atoms with Crippen molar-refractivity contribution in [2.75, 3.05) is 12.0 Å². The Morgan fingerprint density at radius 2 is 1.96 bits per heavy atom. The predicted octanol–water partition coefficient (Wildman–Crippen LogP) is 4.90. The number of hydrogen-bond acceptors (Lipinski definition) is 3. The van der Waals surface area contributed by atoms with Gasteiger partial charge in [0, 0.05) is 34.5 Å². The molecule has 2 aromatic rings. The third kappa shape index (κ3) is 2.94. The van der Waals surface area contributed by atoms with Crippen LogP contribution >= 0.6 is 11.3 Å². The molecule has 1 amide bonds. The number of rotatable bonds is 3. The standard InChI is InChI=1S/C21H19NO2S/c1-24-16-11-9-15(10-12-16)22-19-7-4-2-3-6-17(19)18(14-21(22)23)20-8-5-13-25-20/h2-13,17-18H,14H2,1H3/t17-,18+/m0/s1. The molecule has 4 heteroatoms. The molecular formula is C21H19NO2S. The number of methoxy groups -OCH3 is 1. The molecule has 0 unspecified atom stereocenters. The lowest BCUT2D eigenvalue weighted by Gasteiger charge is -2.39. The quantitative estimate of drug-likeness (QED) is 0.788. The Hall–Kier alpha value is -2.59. The third-order valence-electron chi connectivity index (χ3n) is 4.72. The van der Waals surface area contributed by atoms with Gasteiger partial charge >= 0.3 is 0 Å². The summed E-state index contributed by atoms with van der Waals surface area (Å²) in [7, 11) is 1.64. The van der Waals surface area contributed by atoms with E-state index in [1.54, 1.807) is 18.4 Å². The molecule has 2 aliphatic rings. The van der Waals surface area contributed by atoms with Crippen molar-refractivity contribution in [3.05, 3.63) is 82.7 Å². The van der Waals surface area contributed by atoms with E-state index in [1.165, 1.54) is 4.88 Å². The number of hydrogen-bond donors (Lipinski definition) is 0. The lowest BCUT2D eigenvalue weighted by Crippen LogP contribution is -2.41. The van der Waals surface area contributed by atoms with Gasteiger partial charge in [-0.15, -0.1) is 11.3 Å². The third-order valence-corrected chi connectivity index (χ3v) is 5.73. The number of anilines is 1. The monoisotopic (exact) mass is 349 g/mol. The molecule has 0 radical (unpaired) electrons. The van der Waals surface area contributed by atoms with Crippen molar-refractivity contribution in [3.63, 3.8) is 0 Å². The molecule has 25 heavy (non-hydrogen) atoms. The van der Waals surface area contributed by atoms with Gasteiger partial charge < -0.3 is 4.74 Å². The van der Waals surface area contributed by atoms with Crippen LogP contribution in [0.15, 0.2) is 77.9 Å². The smallest absolute Gasteiger partial charge is 0.231 e. The van der Waals surface area contributed by atoms with E-state index in [4.69, 9.17) is 4.74 Å². The molecular weight excluding hydrogens is 330 g/mol. The van der Waals surface area contributed by atoms with E-state index in [2.05, 4.69) is 35.7 Å². The highest BCUT2D eigenvalue weighted by atomic mass is 32.1. The van der Waals surface area contributed by atoms with E-state index in [1.807, 2.05) is 41.3 Å². The van der Waals surface area contributed by atoms with Gasteiger partial charge in [-0.1, -0.05) is 30.4 Å². The number of piperidine rings is 1. The van der Waals surface area contributed by atoms with Gasteiger partial charge in [0.25, 0.3) is 0 Å². The van der Waals surface area contributed by atoms with Crippen LogP contribution < -0.4 is 9.64 Å². The van der Waals surface area contributed by atoms with Crippen molar-refractivity contribution in [1.29, 1.82) is 0 Å². The van der Waals surface area contributed by atoms with E-state index >= 15 is 0 Å². The molecule has 3 nitrogen and oxygen atoms in total. The van der Waals surface area contributed by atoms with E-state index in [0.29, 0.717) is 6.42 Å². The first-order valence-electron chi connectivity index (χ1n) is 8.33. The molecule has 1 aliphatic heterocycles. The summed E-state index contributed by atoms with van der Waals surface area (Å²) < 4.78 is 5.24. The zero-order chi connectivity index (χ0) is 17.2. The van der Waals surface area contributed by atoms with Crippen molar-refractivity contribution in [2.45, 2.75) is 12.3 Å². The highest BCUT2D eigenvalue weighted by Gasteiger charge is 2.38. The number of fused-ring (bicyclic) bond motifs is 1. The molecule has 126 valence electrons. The molecule has 0 N–H and O–H groups in total. The van der Waals surface area contributed by atoms with Crippen LogP contribution in [0.5, 0.6) is 5.75 Å².